The summed E-state index contributed by atoms with van der Waals surface area (Å²) < 4.78 is 0. The Morgan fingerprint density at radius 3 is 2.59 bits per heavy atom. The lowest BCUT2D eigenvalue weighted by molar-refractivity contribution is 0.0614. The average molecular weight is 231 g/mol. The highest BCUT2D eigenvalue weighted by Crippen LogP contribution is 2.18. The van der Waals surface area contributed by atoms with Gasteiger partial charge in [0.2, 0.25) is 0 Å². The third-order valence-corrected chi connectivity index (χ3v) is 3.19. The number of carbonyl (C=O) groups excluding carboxylic acids is 1. The van der Waals surface area contributed by atoms with Crippen LogP contribution in [0.1, 0.15) is 43.2 Å². The molecule has 0 unspecified atom stereocenters. The van der Waals surface area contributed by atoms with Gasteiger partial charge in [0.05, 0.1) is 5.56 Å². The molecule has 0 bridgehead atoms. The Hall–Kier alpha value is -1.89. The summed E-state index contributed by atoms with van der Waals surface area (Å²) in [5, 5.41) is 8.66. The Morgan fingerprint density at radius 1 is 1.53 bits per heavy atom. The second kappa shape index (κ2) is 4.96. The Morgan fingerprint density at radius 2 is 2.18 bits per heavy atom. The van der Waals surface area contributed by atoms with Crippen molar-refractivity contribution < 1.29 is 4.79 Å². The van der Waals surface area contributed by atoms with Crippen LogP contribution in [0, 0.1) is 11.3 Å². The van der Waals surface area contributed by atoms with E-state index in [4.69, 9.17) is 5.26 Å². The highest BCUT2D eigenvalue weighted by Gasteiger charge is 2.26. The van der Waals surface area contributed by atoms with Gasteiger partial charge in [-0.3, -0.25) is 4.79 Å². The first-order valence-corrected chi connectivity index (χ1v) is 5.56. The molecular weight excluding hydrogens is 214 g/mol. The van der Waals surface area contributed by atoms with Crippen molar-refractivity contribution in [1.82, 2.24) is 9.88 Å². The fourth-order valence-electron chi connectivity index (χ4n) is 1.27. The molecule has 90 valence electrons. The largest absolute Gasteiger partial charge is 0.335 e. The lowest BCUT2D eigenvalue weighted by Crippen LogP contribution is -2.44. The molecule has 0 atom stereocenters. The summed E-state index contributed by atoms with van der Waals surface area (Å²) in [5.41, 5.74) is 0.624. The third kappa shape index (κ3) is 2.82. The maximum Gasteiger partial charge on any atom is 0.272 e. The molecule has 0 aliphatic rings. The predicted molar refractivity (Wildman–Crippen MR) is 65.4 cm³/mol. The molecule has 1 aromatic rings. The highest BCUT2D eigenvalue weighted by molar-refractivity contribution is 5.92. The summed E-state index contributed by atoms with van der Waals surface area (Å²) in [6.07, 6.45) is 2.28. The van der Waals surface area contributed by atoms with E-state index in [1.54, 1.807) is 24.1 Å². The van der Waals surface area contributed by atoms with Crippen molar-refractivity contribution in [2.24, 2.45) is 0 Å². The zero-order chi connectivity index (χ0) is 13.1. The van der Waals surface area contributed by atoms with Crippen LogP contribution in [0.2, 0.25) is 0 Å². The van der Waals surface area contributed by atoms with Crippen molar-refractivity contribution in [1.29, 1.82) is 5.26 Å². The summed E-state index contributed by atoms with van der Waals surface area (Å²) in [6, 6.07) is 5.17. The van der Waals surface area contributed by atoms with Gasteiger partial charge in [0.25, 0.3) is 5.91 Å². The summed E-state index contributed by atoms with van der Waals surface area (Å²) in [5.74, 6) is -0.124. The van der Waals surface area contributed by atoms with Gasteiger partial charge in [-0.15, -0.1) is 0 Å². The Labute approximate surface area is 102 Å². The van der Waals surface area contributed by atoms with E-state index in [-0.39, 0.29) is 11.4 Å². The van der Waals surface area contributed by atoms with Crippen LogP contribution in [-0.2, 0) is 0 Å². The van der Waals surface area contributed by atoms with Gasteiger partial charge in [-0.2, -0.15) is 5.26 Å². The number of hydrogen-bond donors (Lipinski definition) is 0. The molecule has 0 aliphatic heterocycles. The van der Waals surface area contributed by atoms with E-state index in [0.29, 0.717) is 11.3 Å². The fraction of sp³-hybridized carbons (Fsp3) is 0.462. The van der Waals surface area contributed by atoms with Crippen LogP contribution in [0.4, 0.5) is 0 Å². The maximum atomic E-state index is 12.1. The molecular formula is C13H17N3O. The average Bonchev–Trinajstić information content (AvgIpc) is 2.37. The molecule has 0 aliphatic carbocycles. The van der Waals surface area contributed by atoms with Gasteiger partial charge in [-0.25, -0.2) is 4.98 Å². The molecule has 1 heterocycles. The van der Waals surface area contributed by atoms with Crippen LogP contribution >= 0.6 is 0 Å². The summed E-state index contributed by atoms with van der Waals surface area (Å²) in [7, 11) is 1.77. The number of carbonyl (C=O) groups is 1. The van der Waals surface area contributed by atoms with Crippen LogP contribution in [0.25, 0.3) is 0 Å². The Balaban J connectivity index is 2.93. The molecule has 0 radical (unpaired) electrons. The van der Waals surface area contributed by atoms with Crippen molar-refractivity contribution in [3.63, 3.8) is 0 Å². The molecule has 17 heavy (non-hydrogen) atoms. The number of pyridine rings is 1. The van der Waals surface area contributed by atoms with E-state index in [9.17, 15) is 4.79 Å². The minimum atomic E-state index is -0.202. The normalized spacial score (nSPS) is 10.8. The van der Waals surface area contributed by atoms with Gasteiger partial charge >= 0.3 is 0 Å². The maximum absolute atomic E-state index is 12.1. The third-order valence-electron chi connectivity index (χ3n) is 3.19. The number of nitriles is 1. The lowest BCUT2D eigenvalue weighted by Gasteiger charge is -2.34. The van der Waals surface area contributed by atoms with Crippen LogP contribution in [-0.4, -0.2) is 28.4 Å². The fourth-order valence-corrected chi connectivity index (χ4v) is 1.27. The van der Waals surface area contributed by atoms with E-state index >= 15 is 0 Å². The lowest BCUT2D eigenvalue weighted by atomic mass is 9.99. The van der Waals surface area contributed by atoms with E-state index in [2.05, 4.69) is 4.98 Å². The second-order valence-electron chi connectivity index (χ2n) is 4.57. The zero-order valence-corrected chi connectivity index (χ0v) is 10.7. The summed E-state index contributed by atoms with van der Waals surface area (Å²) >= 11 is 0. The van der Waals surface area contributed by atoms with E-state index in [1.165, 1.54) is 6.20 Å². The quantitative estimate of drug-likeness (QED) is 0.801. The Bertz CT molecular complexity index is 443. The van der Waals surface area contributed by atoms with Gasteiger partial charge in [0.1, 0.15) is 11.8 Å². The van der Waals surface area contributed by atoms with E-state index in [0.717, 1.165) is 6.42 Å². The van der Waals surface area contributed by atoms with Gasteiger partial charge < -0.3 is 4.90 Å². The van der Waals surface area contributed by atoms with Crippen molar-refractivity contribution in [3.8, 4) is 6.07 Å². The summed E-state index contributed by atoms with van der Waals surface area (Å²) in [4.78, 5) is 17.8. The van der Waals surface area contributed by atoms with E-state index in [1.807, 2.05) is 26.8 Å². The van der Waals surface area contributed by atoms with Crippen LogP contribution < -0.4 is 0 Å². The number of nitrogens with zero attached hydrogens (tertiary/aromatic N) is 3. The first kappa shape index (κ1) is 13.2. The van der Waals surface area contributed by atoms with E-state index < -0.39 is 0 Å². The monoisotopic (exact) mass is 231 g/mol. The molecule has 0 fully saturated rings. The van der Waals surface area contributed by atoms with Crippen molar-refractivity contribution >= 4 is 5.91 Å². The van der Waals surface area contributed by atoms with Crippen LogP contribution in [0.15, 0.2) is 18.3 Å². The minimum absolute atomic E-state index is 0.124. The topological polar surface area (TPSA) is 57.0 Å². The SMILES string of the molecule is CCC(C)(C)N(C)C(=O)c1ccc(C#N)cn1. The van der Waals surface area contributed by atoms with Crippen molar-refractivity contribution in [2.45, 2.75) is 32.7 Å². The number of amides is 1. The first-order chi connectivity index (χ1) is 7.92. The van der Waals surface area contributed by atoms with Gasteiger partial charge in [0, 0.05) is 18.8 Å². The highest BCUT2D eigenvalue weighted by atomic mass is 16.2. The molecule has 0 saturated heterocycles. The van der Waals surface area contributed by atoms with Crippen LogP contribution in [0.5, 0.6) is 0 Å². The molecule has 1 aromatic heterocycles. The molecule has 0 spiro atoms. The molecule has 0 saturated carbocycles. The van der Waals surface area contributed by atoms with Gasteiger partial charge in [-0.05, 0) is 32.4 Å². The first-order valence-electron chi connectivity index (χ1n) is 5.56. The molecule has 4 nitrogen and oxygen atoms in total. The van der Waals surface area contributed by atoms with Crippen LogP contribution in [0.3, 0.4) is 0 Å². The summed E-state index contributed by atoms with van der Waals surface area (Å²) in [6.45, 7) is 6.05. The van der Waals surface area contributed by atoms with Crippen molar-refractivity contribution in [3.05, 3.63) is 29.6 Å². The second-order valence-corrected chi connectivity index (χ2v) is 4.57. The number of hydrogen-bond acceptors (Lipinski definition) is 3. The van der Waals surface area contributed by atoms with Gasteiger partial charge in [-0.1, -0.05) is 6.92 Å². The number of aromatic nitrogens is 1. The minimum Gasteiger partial charge on any atom is -0.335 e. The van der Waals surface area contributed by atoms with Crippen molar-refractivity contribution in [2.75, 3.05) is 7.05 Å². The molecule has 0 N–H and O–H groups in total. The smallest absolute Gasteiger partial charge is 0.272 e. The standard InChI is InChI=1S/C13H17N3O/c1-5-13(2,3)16(4)12(17)11-7-6-10(8-14)9-15-11/h6-7,9H,5H2,1-4H3. The van der Waals surface area contributed by atoms with Gasteiger partial charge in [0.15, 0.2) is 0 Å². The molecule has 1 amide bonds. The molecule has 1 rings (SSSR count). The molecule has 4 heteroatoms. The Kier molecular flexibility index (Phi) is 3.84. The zero-order valence-electron chi connectivity index (χ0n) is 10.7. The predicted octanol–water partition coefficient (Wildman–Crippen LogP) is 2.21. The number of rotatable bonds is 3. The molecule has 0 aromatic carbocycles.